The lowest BCUT2D eigenvalue weighted by Crippen LogP contribution is -2.67. The second-order valence-electron chi connectivity index (χ2n) is 9.08. The number of amides is 1. The van der Waals surface area contributed by atoms with Gasteiger partial charge in [-0.2, -0.15) is 0 Å². The monoisotopic (exact) mass is 505 g/mol. The second-order valence-corrected chi connectivity index (χ2v) is 9.92. The third kappa shape index (κ3) is 4.54. The summed E-state index contributed by atoms with van der Waals surface area (Å²) in [5, 5.41) is 11.6. The SMILES string of the molecule is CCOc1cc(N2C3COCC2CN(C(=O)C2CC(O)CN2c2ccc(Cl)cc2)C3)ccc1Cl. The molecule has 5 rings (SSSR count). The molecule has 0 saturated carbocycles. The normalized spacial score (nSPS) is 26.6. The van der Waals surface area contributed by atoms with Crippen LogP contribution in [-0.4, -0.2) is 79.6 Å². The Morgan fingerprint density at radius 1 is 1.06 bits per heavy atom. The highest BCUT2D eigenvalue weighted by molar-refractivity contribution is 6.32. The predicted molar refractivity (Wildman–Crippen MR) is 133 cm³/mol. The number of piperazine rings is 1. The van der Waals surface area contributed by atoms with E-state index in [2.05, 4.69) is 4.90 Å². The number of hydrogen-bond acceptors (Lipinski definition) is 6. The van der Waals surface area contributed by atoms with Crippen LogP contribution in [0.1, 0.15) is 13.3 Å². The minimum atomic E-state index is -0.542. The van der Waals surface area contributed by atoms with Gasteiger partial charge >= 0.3 is 0 Å². The van der Waals surface area contributed by atoms with E-state index in [1.54, 1.807) is 0 Å². The maximum Gasteiger partial charge on any atom is 0.245 e. The third-order valence-electron chi connectivity index (χ3n) is 6.82. The lowest BCUT2D eigenvalue weighted by molar-refractivity contribution is -0.136. The number of anilines is 2. The zero-order valence-electron chi connectivity index (χ0n) is 19.1. The Morgan fingerprint density at radius 2 is 1.74 bits per heavy atom. The fraction of sp³-hybridized carbons (Fsp3) is 0.480. The van der Waals surface area contributed by atoms with Crippen LogP contribution in [0.3, 0.4) is 0 Å². The third-order valence-corrected chi connectivity index (χ3v) is 7.38. The fourth-order valence-electron chi connectivity index (χ4n) is 5.36. The molecular formula is C25H29Cl2N3O4. The highest BCUT2D eigenvalue weighted by atomic mass is 35.5. The summed E-state index contributed by atoms with van der Waals surface area (Å²) in [5.41, 5.74) is 1.92. The Labute approximate surface area is 209 Å². The molecule has 7 nitrogen and oxygen atoms in total. The van der Waals surface area contributed by atoms with Gasteiger partial charge < -0.3 is 29.3 Å². The van der Waals surface area contributed by atoms with E-state index in [-0.39, 0.29) is 18.0 Å². The number of hydrogen-bond donors (Lipinski definition) is 1. The van der Waals surface area contributed by atoms with Gasteiger partial charge in [-0.1, -0.05) is 23.2 Å². The summed E-state index contributed by atoms with van der Waals surface area (Å²) in [6.07, 6.45) is -0.123. The lowest BCUT2D eigenvalue weighted by Gasteiger charge is -2.51. The van der Waals surface area contributed by atoms with E-state index in [0.717, 1.165) is 11.4 Å². The topological polar surface area (TPSA) is 65.5 Å². The van der Waals surface area contributed by atoms with Crippen LogP contribution in [-0.2, 0) is 9.53 Å². The van der Waals surface area contributed by atoms with Crippen molar-refractivity contribution in [3.05, 3.63) is 52.5 Å². The molecule has 3 saturated heterocycles. The smallest absolute Gasteiger partial charge is 0.245 e. The molecule has 9 heteroatoms. The first-order chi connectivity index (χ1) is 16.4. The van der Waals surface area contributed by atoms with Crippen LogP contribution in [0.25, 0.3) is 0 Å². The number of ether oxygens (including phenoxy) is 2. The molecule has 34 heavy (non-hydrogen) atoms. The minimum Gasteiger partial charge on any atom is -0.492 e. The molecule has 3 aliphatic heterocycles. The van der Waals surface area contributed by atoms with Crippen molar-refractivity contribution in [3.63, 3.8) is 0 Å². The number of aliphatic hydroxyl groups is 1. The van der Waals surface area contributed by atoms with Crippen LogP contribution in [0.5, 0.6) is 5.75 Å². The second kappa shape index (κ2) is 9.82. The first kappa shape index (κ1) is 23.5. The van der Waals surface area contributed by atoms with Crippen molar-refractivity contribution in [2.24, 2.45) is 0 Å². The van der Waals surface area contributed by atoms with E-state index in [4.69, 9.17) is 32.7 Å². The first-order valence-corrected chi connectivity index (χ1v) is 12.5. The summed E-state index contributed by atoms with van der Waals surface area (Å²) in [6.45, 7) is 5.11. The number of morpholine rings is 1. The molecule has 1 amide bonds. The molecule has 4 atom stereocenters. The number of carbonyl (C=O) groups excluding carboxylic acids is 1. The number of carbonyl (C=O) groups is 1. The zero-order valence-corrected chi connectivity index (χ0v) is 20.6. The van der Waals surface area contributed by atoms with Gasteiger partial charge in [0.05, 0.1) is 43.0 Å². The van der Waals surface area contributed by atoms with Crippen LogP contribution in [0.2, 0.25) is 10.0 Å². The van der Waals surface area contributed by atoms with Crippen molar-refractivity contribution in [3.8, 4) is 5.75 Å². The van der Waals surface area contributed by atoms with Gasteiger partial charge in [0, 0.05) is 48.5 Å². The van der Waals surface area contributed by atoms with Crippen molar-refractivity contribution in [1.82, 2.24) is 4.90 Å². The fourth-order valence-corrected chi connectivity index (χ4v) is 5.66. The summed E-state index contributed by atoms with van der Waals surface area (Å²) in [7, 11) is 0. The van der Waals surface area contributed by atoms with Crippen molar-refractivity contribution in [1.29, 1.82) is 0 Å². The Bertz CT molecular complexity index is 1020. The van der Waals surface area contributed by atoms with Gasteiger partial charge in [0.1, 0.15) is 11.8 Å². The highest BCUT2D eigenvalue weighted by Gasteiger charge is 2.44. The molecule has 3 aliphatic rings. The molecular weight excluding hydrogens is 477 g/mol. The van der Waals surface area contributed by atoms with E-state index in [1.165, 1.54) is 0 Å². The van der Waals surface area contributed by atoms with Gasteiger partial charge in [-0.15, -0.1) is 0 Å². The molecule has 4 unspecified atom stereocenters. The van der Waals surface area contributed by atoms with Crippen LogP contribution in [0.4, 0.5) is 11.4 Å². The number of nitrogens with zero attached hydrogens (tertiary/aromatic N) is 3. The van der Waals surface area contributed by atoms with Gasteiger partial charge in [0.2, 0.25) is 5.91 Å². The zero-order chi connectivity index (χ0) is 23.8. The van der Waals surface area contributed by atoms with Crippen molar-refractivity contribution in [2.75, 3.05) is 49.3 Å². The number of aliphatic hydroxyl groups excluding tert-OH is 1. The molecule has 0 radical (unpaired) electrons. The summed E-state index contributed by atoms with van der Waals surface area (Å²) < 4.78 is 11.6. The van der Waals surface area contributed by atoms with E-state index in [1.807, 2.05) is 59.2 Å². The molecule has 0 aromatic heterocycles. The Kier molecular flexibility index (Phi) is 6.80. The molecule has 0 aliphatic carbocycles. The van der Waals surface area contributed by atoms with Crippen LogP contribution < -0.4 is 14.5 Å². The van der Waals surface area contributed by atoms with Gasteiger partial charge in [0.25, 0.3) is 0 Å². The average molecular weight is 506 g/mol. The predicted octanol–water partition coefficient (Wildman–Crippen LogP) is 3.45. The number of β-amino-alcohol motifs (C(OH)–C–C–N with tert-alkyl or cyclic N) is 1. The number of halogens is 2. The summed E-state index contributed by atoms with van der Waals surface area (Å²) in [4.78, 5) is 20.0. The first-order valence-electron chi connectivity index (χ1n) is 11.7. The van der Waals surface area contributed by atoms with E-state index < -0.39 is 12.1 Å². The summed E-state index contributed by atoms with van der Waals surface area (Å²) in [5.74, 6) is 0.715. The van der Waals surface area contributed by atoms with E-state index in [9.17, 15) is 9.90 Å². The number of benzene rings is 2. The Hall–Kier alpha value is -2.19. The molecule has 2 bridgehead atoms. The van der Waals surface area contributed by atoms with E-state index >= 15 is 0 Å². The maximum atomic E-state index is 13.7. The molecule has 182 valence electrons. The standard InChI is InChI=1S/C25H29Cl2N3O4/c1-2-34-24-9-18(7-8-22(24)27)30-19-11-28(12-20(30)15-33-14-19)25(32)23-10-21(31)13-29(23)17-5-3-16(26)4-6-17/h3-9,19-21,23,31H,2,10-15H2,1H3. The average Bonchev–Trinajstić information content (AvgIpc) is 3.21. The Morgan fingerprint density at radius 3 is 2.41 bits per heavy atom. The molecule has 3 fully saturated rings. The van der Waals surface area contributed by atoms with Gasteiger partial charge in [-0.3, -0.25) is 4.79 Å². The molecule has 2 aromatic carbocycles. The van der Waals surface area contributed by atoms with Crippen LogP contribution >= 0.6 is 23.2 Å². The Balaban J connectivity index is 1.35. The van der Waals surface area contributed by atoms with E-state index in [0.29, 0.717) is 61.7 Å². The number of rotatable bonds is 5. The van der Waals surface area contributed by atoms with Gasteiger partial charge in [-0.05, 0) is 43.3 Å². The van der Waals surface area contributed by atoms with Crippen molar-refractivity contribution in [2.45, 2.75) is 37.6 Å². The largest absolute Gasteiger partial charge is 0.492 e. The molecule has 3 heterocycles. The lowest BCUT2D eigenvalue weighted by atomic mass is 10.0. The van der Waals surface area contributed by atoms with Gasteiger partial charge in [-0.25, -0.2) is 0 Å². The highest BCUT2D eigenvalue weighted by Crippen LogP contribution is 2.35. The van der Waals surface area contributed by atoms with Crippen molar-refractivity contribution >= 4 is 40.5 Å². The molecule has 2 aromatic rings. The van der Waals surface area contributed by atoms with Crippen molar-refractivity contribution < 1.29 is 19.4 Å². The molecule has 1 N–H and O–H groups in total. The summed E-state index contributed by atoms with van der Waals surface area (Å²) >= 11 is 12.4. The van der Waals surface area contributed by atoms with Crippen LogP contribution in [0, 0.1) is 0 Å². The maximum absolute atomic E-state index is 13.7. The quantitative estimate of drug-likeness (QED) is 0.671. The summed E-state index contributed by atoms with van der Waals surface area (Å²) in [6, 6.07) is 12.9. The van der Waals surface area contributed by atoms with Gasteiger partial charge in [0.15, 0.2) is 0 Å². The number of fused-ring (bicyclic) bond motifs is 2. The minimum absolute atomic E-state index is 0.0300. The van der Waals surface area contributed by atoms with Crippen LogP contribution in [0.15, 0.2) is 42.5 Å². The molecule has 0 spiro atoms.